The molecule has 1 amide bonds. The van der Waals surface area contributed by atoms with Gasteiger partial charge in [0.05, 0.1) is 6.54 Å². The van der Waals surface area contributed by atoms with Gasteiger partial charge in [-0.1, -0.05) is 41.9 Å². The zero-order valence-electron chi connectivity index (χ0n) is 15.1. The van der Waals surface area contributed by atoms with Gasteiger partial charge in [0.2, 0.25) is 5.91 Å². The minimum absolute atomic E-state index is 0. The molecule has 0 saturated carbocycles. The van der Waals surface area contributed by atoms with Crippen LogP contribution in [0.15, 0.2) is 33.7 Å². The van der Waals surface area contributed by atoms with E-state index in [9.17, 15) is 4.79 Å². The number of nitrogens with zero attached hydrogens (tertiary/aromatic N) is 2. The molecule has 1 atom stereocenters. The maximum Gasteiger partial charge on any atom is 0.225 e. The van der Waals surface area contributed by atoms with Crippen LogP contribution in [0.2, 0.25) is 0 Å². The summed E-state index contributed by atoms with van der Waals surface area (Å²) in [6.45, 7) is 8.96. The molecule has 1 aliphatic heterocycles. The van der Waals surface area contributed by atoms with Crippen LogP contribution in [0.4, 0.5) is 0 Å². The van der Waals surface area contributed by atoms with Gasteiger partial charge in [-0.3, -0.25) is 4.79 Å². The number of carbonyl (C=O) groups excluding carboxylic acids is 1. The molecule has 140 valence electrons. The van der Waals surface area contributed by atoms with Gasteiger partial charge in [0.15, 0.2) is 5.96 Å². The van der Waals surface area contributed by atoms with Crippen LogP contribution in [0.3, 0.4) is 0 Å². The van der Waals surface area contributed by atoms with E-state index in [0.717, 1.165) is 42.1 Å². The third-order valence-electron chi connectivity index (χ3n) is 3.99. The first-order valence-corrected chi connectivity index (χ1v) is 9.37. The molecule has 1 saturated heterocycles. The van der Waals surface area contributed by atoms with E-state index >= 15 is 0 Å². The Hall–Kier alpha value is -0.830. The number of amides is 1. The van der Waals surface area contributed by atoms with E-state index < -0.39 is 0 Å². The van der Waals surface area contributed by atoms with Gasteiger partial charge < -0.3 is 15.5 Å². The summed E-state index contributed by atoms with van der Waals surface area (Å²) in [4.78, 5) is 18.7. The van der Waals surface area contributed by atoms with E-state index in [1.54, 1.807) is 0 Å². The van der Waals surface area contributed by atoms with Crippen molar-refractivity contribution in [2.45, 2.75) is 39.8 Å². The zero-order valence-corrected chi connectivity index (χ0v) is 19.0. The van der Waals surface area contributed by atoms with Crippen LogP contribution < -0.4 is 10.6 Å². The average Bonchev–Trinajstić information content (AvgIpc) is 3.00. The number of aliphatic imine (C=N–C) groups is 1. The number of likely N-dealkylation sites (tertiary alicyclic amines) is 1. The molecular weight excluding hydrogens is 495 g/mol. The molecule has 1 aromatic rings. The van der Waals surface area contributed by atoms with Gasteiger partial charge in [0, 0.05) is 36.1 Å². The largest absolute Gasteiger partial charge is 0.357 e. The van der Waals surface area contributed by atoms with Gasteiger partial charge in [0.1, 0.15) is 0 Å². The van der Waals surface area contributed by atoms with Crippen LogP contribution in [-0.4, -0.2) is 42.4 Å². The van der Waals surface area contributed by atoms with Gasteiger partial charge in [-0.25, -0.2) is 4.99 Å². The van der Waals surface area contributed by atoms with Crippen LogP contribution in [0, 0.1) is 5.92 Å². The normalized spacial score (nSPS) is 17.4. The lowest BCUT2D eigenvalue weighted by molar-refractivity contribution is -0.133. The van der Waals surface area contributed by atoms with Crippen molar-refractivity contribution in [1.82, 2.24) is 15.5 Å². The number of hydrogen-bond acceptors (Lipinski definition) is 2. The van der Waals surface area contributed by atoms with E-state index in [0.29, 0.717) is 6.54 Å². The first-order chi connectivity index (χ1) is 11.5. The SMILES string of the molecule is CCNC(=NCc1cccc(Br)c1)NC1CCN(C(=O)C(C)C)C1.I. The Bertz CT molecular complexity index is 594. The lowest BCUT2D eigenvalue weighted by atomic mass is 10.2. The Kier molecular flexibility index (Phi) is 9.78. The summed E-state index contributed by atoms with van der Waals surface area (Å²) in [6.07, 6.45) is 0.958. The Morgan fingerprint density at radius 1 is 1.44 bits per heavy atom. The smallest absolute Gasteiger partial charge is 0.225 e. The third-order valence-corrected chi connectivity index (χ3v) is 4.48. The third kappa shape index (κ3) is 7.13. The van der Waals surface area contributed by atoms with Crippen molar-refractivity contribution in [3.05, 3.63) is 34.3 Å². The first-order valence-electron chi connectivity index (χ1n) is 8.57. The molecule has 0 bridgehead atoms. The van der Waals surface area contributed by atoms with Crippen molar-refractivity contribution in [2.75, 3.05) is 19.6 Å². The summed E-state index contributed by atoms with van der Waals surface area (Å²) >= 11 is 3.49. The highest BCUT2D eigenvalue weighted by Gasteiger charge is 2.27. The Balaban J connectivity index is 0.00000312. The first kappa shape index (κ1) is 22.2. The fourth-order valence-electron chi connectivity index (χ4n) is 2.76. The second-order valence-corrected chi connectivity index (χ2v) is 7.31. The summed E-state index contributed by atoms with van der Waals surface area (Å²) in [6, 6.07) is 8.42. The summed E-state index contributed by atoms with van der Waals surface area (Å²) in [5.41, 5.74) is 1.16. The molecule has 5 nitrogen and oxygen atoms in total. The molecule has 1 unspecified atom stereocenters. The predicted octanol–water partition coefficient (Wildman–Crippen LogP) is 3.38. The number of guanidine groups is 1. The minimum Gasteiger partial charge on any atom is -0.357 e. The molecule has 2 N–H and O–H groups in total. The molecular formula is C18H28BrIN4O. The summed E-state index contributed by atoms with van der Waals surface area (Å²) in [7, 11) is 0. The van der Waals surface area contributed by atoms with Gasteiger partial charge in [-0.05, 0) is 31.0 Å². The monoisotopic (exact) mass is 522 g/mol. The topological polar surface area (TPSA) is 56.7 Å². The van der Waals surface area contributed by atoms with Crippen molar-refractivity contribution in [2.24, 2.45) is 10.9 Å². The standard InChI is InChI=1S/C18H27BrN4O.HI/c1-4-20-18(21-11-14-6-5-7-15(19)10-14)22-16-8-9-23(12-16)17(24)13(2)3;/h5-7,10,13,16H,4,8-9,11-12H2,1-3H3,(H2,20,21,22);1H. The summed E-state index contributed by atoms with van der Waals surface area (Å²) in [5, 5.41) is 6.74. The summed E-state index contributed by atoms with van der Waals surface area (Å²) in [5.74, 6) is 1.10. The number of carbonyl (C=O) groups is 1. The molecule has 1 heterocycles. The van der Waals surface area contributed by atoms with E-state index in [4.69, 9.17) is 0 Å². The summed E-state index contributed by atoms with van der Waals surface area (Å²) < 4.78 is 1.06. The van der Waals surface area contributed by atoms with Crippen molar-refractivity contribution in [3.8, 4) is 0 Å². The number of halogens is 2. The molecule has 25 heavy (non-hydrogen) atoms. The van der Waals surface area contributed by atoms with Crippen LogP contribution >= 0.6 is 39.9 Å². The van der Waals surface area contributed by atoms with E-state index in [1.807, 2.05) is 30.9 Å². The quantitative estimate of drug-likeness (QED) is 0.354. The Labute approximate surface area is 176 Å². The molecule has 0 radical (unpaired) electrons. The highest BCUT2D eigenvalue weighted by molar-refractivity contribution is 14.0. The molecule has 2 rings (SSSR count). The van der Waals surface area contributed by atoms with Crippen molar-refractivity contribution in [3.63, 3.8) is 0 Å². The zero-order chi connectivity index (χ0) is 17.5. The van der Waals surface area contributed by atoms with Crippen LogP contribution in [-0.2, 0) is 11.3 Å². The Morgan fingerprint density at radius 3 is 2.84 bits per heavy atom. The van der Waals surface area contributed by atoms with Crippen molar-refractivity contribution < 1.29 is 4.79 Å². The van der Waals surface area contributed by atoms with Gasteiger partial charge in [0.25, 0.3) is 0 Å². The maximum atomic E-state index is 12.1. The van der Waals surface area contributed by atoms with E-state index in [2.05, 4.69) is 50.6 Å². The second kappa shape index (κ2) is 11.0. The Morgan fingerprint density at radius 2 is 2.20 bits per heavy atom. The second-order valence-electron chi connectivity index (χ2n) is 6.39. The average molecular weight is 523 g/mol. The number of hydrogen-bond donors (Lipinski definition) is 2. The number of nitrogens with one attached hydrogen (secondary N) is 2. The molecule has 1 fully saturated rings. The molecule has 0 aliphatic carbocycles. The van der Waals surface area contributed by atoms with Crippen molar-refractivity contribution >= 4 is 51.8 Å². The van der Waals surface area contributed by atoms with Gasteiger partial charge in [-0.2, -0.15) is 0 Å². The molecule has 0 aromatic heterocycles. The van der Waals surface area contributed by atoms with Crippen LogP contribution in [0.25, 0.3) is 0 Å². The van der Waals surface area contributed by atoms with Gasteiger partial charge in [-0.15, -0.1) is 24.0 Å². The molecule has 7 heteroatoms. The lowest BCUT2D eigenvalue weighted by Gasteiger charge is -2.20. The fraction of sp³-hybridized carbons (Fsp3) is 0.556. The fourth-order valence-corrected chi connectivity index (χ4v) is 3.21. The highest BCUT2D eigenvalue weighted by atomic mass is 127. The van der Waals surface area contributed by atoms with Crippen molar-refractivity contribution in [1.29, 1.82) is 0 Å². The van der Waals surface area contributed by atoms with E-state index in [1.165, 1.54) is 0 Å². The molecule has 1 aromatic carbocycles. The van der Waals surface area contributed by atoms with Crippen LogP contribution in [0.5, 0.6) is 0 Å². The lowest BCUT2D eigenvalue weighted by Crippen LogP contribution is -2.45. The number of benzene rings is 1. The molecule has 0 spiro atoms. The van der Waals surface area contributed by atoms with E-state index in [-0.39, 0.29) is 41.8 Å². The maximum absolute atomic E-state index is 12.1. The predicted molar refractivity (Wildman–Crippen MR) is 117 cm³/mol. The number of rotatable bonds is 5. The van der Waals surface area contributed by atoms with Gasteiger partial charge >= 0.3 is 0 Å². The highest BCUT2D eigenvalue weighted by Crippen LogP contribution is 2.14. The van der Waals surface area contributed by atoms with Crippen LogP contribution in [0.1, 0.15) is 32.8 Å². The minimum atomic E-state index is 0. The molecule has 1 aliphatic rings.